The average molecular weight is 457 g/mol. The maximum Gasteiger partial charge on any atom is 0.328 e. The number of carbonyl (C=O) groups excluding carboxylic acids is 2. The number of hydrogen-bond donors (Lipinski definition) is 1. The molecule has 0 saturated heterocycles. The highest BCUT2D eigenvalue weighted by molar-refractivity contribution is 6.27. The van der Waals surface area contributed by atoms with Gasteiger partial charge in [-0.15, -0.1) is 11.6 Å². The number of hydrogen-bond acceptors (Lipinski definition) is 5. The molecule has 0 saturated carbocycles. The summed E-state index contributed by atoms with van der Waals surface area (Å²) < 4.78 is 16.3. The lowest BCUT2D eigenvalue weighted by Crippen LogP contribution is -2.52. The Kier molecular flexibility index (Phi) is 6.28. The number of alkyl halides is 1. The van der Waals surface area contributed by atoms with Crippen molar-refractivity contribution in [2.75, 3.05) is 26.7 Å². The number of methoxy groups -OCH3 is 2. The van der Waals surface area contributed by atoms with Gasteiger partial charge in [0.15, 0.2) is 11.5 Å². The molecule has 2 atom stereocenters. The minimum absolute atomic E-state index is 0.256. The van der Waals surface area contributed by atoms with Gasteiger partial charge in [-0.2, -0.15) is 0 Å². The monoisotopic (exact) mass is 456 g/mol. The van der Waals surface area contributed by atoms with Crippen LogP contribution in [0.2, 0.25) is 0 Å². The average Bonchev–Trinajstić information content (AvgIpc) is 3.20. The number of amides is 1. The van der Waals surface area contributed by atoms with Gasteiger partial charge in [0.2, 0.25) is 5.91 Å². The number of ether oxygens (including phenoxy) is 3. The first kappa shape index (κ1) is 22.0. The standard InChI is InChI=1S/C24H25ClN2O5/c1-4-32-19-10-9-14(11-20(19)30-2)23-22-16(15-7-5-6-8-17(15)26-22)12-18(24(29)31-3)27(23)21(28)13-25/h5-11,18,23,26H,4,12-13H2,1-3H3. The molecule has 1 amide bonds. The highest BCUT2D eigenvalue weighted by Gasteiger charge is 2.44. The van der Waals surface area contributed by atoms with E-state index in [0.717, 1.165) is 27.7 Å². The molecule has 3 aromatic rings. The molecule has 2 heterocycles. The highest BCUT2D eigenvalue weighted by atomic mass is 35.5. The second-order valence-electron chi connectivity index (χ2n) is 7.49. The molecule has 1 aliphatic rings. The molecule has 168 valence electrons. The number of carbonyl (C=O) groups is 2. The number of aromatic nitrogens is 1. The van der Waals surface area contributed by atoms with Crippen molar-refractivity contribution in [1.82, 2.24) is 9.88 Å². The van der Waals surface area contributed by atoms with Crippen LogP contribution in [-0.4, -0.2) is 54.5 Å². The summed E-state index contributed by atoms with van der Waals surface area (Å²) in [4.78, 5) is 30.8. The molecule has 4 rings (SSSR count). The van der Waals surface area contributed by atoms with Crippen molar-refractivity contribution in [1.29, 1.82) is 0 Å². The zero-order valence-corrected chi connectivity index (χ0v) is 18.9. The lowest BCUT2D eigenvalue weighted by Gasteiger charge is -2.40. The maximum absolute atomic E-state index is 13.0. The SMILES string of the molecule is CCOc1ccc(C2c3[nH]c4ccccc4c3CC(C(=O)OC)N2C(=O)CCl)cc1OC. The number of nitrogens with zero attached hydrogens (tertiary/aromatic N) is 1. The van der Waals surface area contributed by atoms with E-state index >= 15 is 0 Å². The van der Waals surface area contributed by atoms with Crippen LogP contribution in [0.4, 0.5) is 0 Å². The molecular weight excluding hydrogens is 432 g/mol. The van der Waals surface area contributed by atoms with E-state index in [0.29, 0.717) is 24.5 Å². The molecule has 0 bridgehead atoms. The van der Waals surface area contributed by atoms with Crippen LogP contribution in [0, 0.1) is 0 Å². The van der Waals surface area contributed by atoms with E-state index in [2.05, 4.69) is 4.98 Å². The Labute approximate surface area is 191 Å². The van der Waals surface area contributed by atoms with Crippen LogP contribution in [0.1, 0.15) is 29.8 Å². The first-order valence-corrected chi connectivity index (χ1v) is 10.9. The van der Waals surface area contributed by atoms with E-state index in [-0.39, 0.29) is 11.8 Å². The van der Waals surface area contributed by atoms with Gasteiger partial charge in [-0.05, 0) is 36.2 Å². The summed E-state index contributed by atoms with van der Waals surface area (Å²) in [6.45, 7) is 2.39. The third kappa shape index (κ3) is 3.66. The number of para-hydroxylation sites is 1. The highest BCUT2D eigenvalue weighted by Crippen LogP contribution is 2.43. The fourth-order valence-corrected chi connectivity index (χ4v) is 4.60. The lowest BCUT2D eigenvalue weighted by atomic mass is 9.87. The van der Waals surface area contributed by atoms with Gasteiger partial charge in [0.1, 0.15) is 11.9 Å². The molecule has 7 nitrogen and oxygen atoms in total. The van der Waals surface area contributed by atoms with Gasteiger partial charge in [0, 0.05) is 23.0 Å². The second kappa shape index (κ2) is 9.12. The number of benzene rings is 2. The number of rotatable bonds is 6. The molecule has 2 aromatic carbocycles. The van der Waals surface area contributed by atoms with Gasteiger partial charge in [-0.1, -0.05) is 24.3 Å². The molecule has 32 heavy (non-hydrogen) atoms. The summed E-state index contributed by atoms with van der Waals surface area (Å²) in [5.74, 6) is 0.0476. The molecule has 1 N–H and O–H groups in total. The molecular formula is C24H25ClN2O5. The van der Waals surface area contributed by atoms with Gasteiger partial charge < -0.3 is 24.1 Å². The fourth-order valence-electron chi connectivity index (χ4n) is 4.46. The van der Waals surface area contributed by atoms with E-state index in [1.54, 1.807) is 7.11 Å². The topological polar surface area (TPSA) is 80.9 Å². The van der Waals surface area contributed by atoms with E-state index in [4.69, 9.17) is 25.8 Å². The molecule has 8 heteroatoms. The first-order valence-electron chi connectivity index (χ1n) is 10.4. The third-order valence-corrected chi connectivity index (χ3v) is 6.04. The number of H-pyrrole nitrogens is 1. The van der Waals surface area contributed by atoms with Crippen molar-refractivity contribution in [2.24, 2.45) is 0 Å². The molecule has 0 radical (unpaired) electrons. The molecule has 0 aliphatic carbocycles. The van der Waals surface area contributed by atoms with E-state index in [1.807, 2.05) is 49.4 Å². The van der Waals surface area contributed by atoms with Crippen LogP contribution in [0.25, 0.3) is 10.9 Å². The summed E-state index contributed by atoms with van der Waals surface area (Å²) in [5.41, 5.74) is 3.53. The Balaban J connectivity index is 1.96. The normalized spacial score (nSPS) is 17.7. The molecule has 1 aromatic heterocycles. The molecule has 2 unspecified atom stereocenters. The number of fused-ring (bicyclic) bond motifs is 3. The Bertz CT molecular complexity index is 1160. The van der Waals surface area contributed by atoms with Crippen molar-refractivity contribution in [2.45, 2.75) is 25.4 Å². The van der Waals surface area contributed by atoms with Crippen LogP contribution >= 0.6 is 11.6 Å². The van der Waals surface area contributed by atoms with E-state index < -0.39 is 18.1 Å². The van der Waals surface area contributed by atoms with Crippen molar-refractivity contribution in [3.8, 4) is 11.5 Å². The zero-order chi connectivity index (χ0) is 22.8. The number of halogens is 1. The predicted octanol–water partition coefficient (Wildman–Crippen LogP) is 3.83. The van der Waals surface area contributed by atoms with E-state index in [1.165, 1.54) is 12.0 Å². The molecule has 0 fully saturated rings. The Morgan fingerprint density at radius 3 is 2.62 bits per heavy atom. The van der Waals surface area contributed by atoms with Gasteiger partial charge in [0.25, 0.3) is 0 Å². The summed E-state index contributed by atoms with van der Waals surface area (Å²) in [6, 6.07) is 12.0. The summed E-state index contributed by atoms with van der Waals surface area (Å²) in [6.07, 6.45) is 0.333. The predicted molar refractivity (Wildman–Crippen MR) is 121 cm³/mol. The molecule has 0 spiro atoms. The quantitative estimate of drug-likeness (QED) is 0.450. The van der Waals surface area contributed by atoms with Gasteiger partial charge in [0.05, 0.1) is 26.9 Å². The van der Waals surface area contributed by atoms with Gasteiger partial charge in [-0.3, -0.25) is 4.79 Å². The Hall–Kier alpha value is -3.19. The first-order chi connectivity index (χ1) is 15.5. The minimum atomic E-state index is -0.805. The van der Waals surface area contributed by atoms with Gasteiger partial charge in [-0.25, -0.2) is 4.79 Å². The fraction of sp³-hybridized carbons (Fsp3) is 0.333. The Morgan fingerprint density at radius 1 is 1.16 bits per heavy atom. The van der Waals surface area contributed by atoms with Crippen LogP contribution in [0.5, 0.6) is 11.5 Å². The summed E-state index contributed by atoms with van der Waals surface area (Å²) in [5, 5.41) is 1.01. The van der Waals surface area contributed by atoms with E-state index in [9.17, 15) is 9.59 Å². The maximum atomic E-state index is 13.0. The number of nitrogens with one attached hydrogen (secondary N) is 1. The summed E-state index contributed by atoms with van der Waals surface area (Å²) >= 11 is 5.98. The summed E-state index contributed by atoms with van der Waals surface area (Å²) in [7, 11) is 2.89. The van der Waals surface area contributed by atoms with Crippen LogP contribution < -0.4 is 9.47 Å². The van der Waals surface area contributed by atoms with Crippen molar-refractivity contribution in [3.05, 3.63) is 59.3 Å². The van der Waals surface area contributed by atoms with Gasteiger partial charge >= 0.3 is 5.97 Å². The lowest BCUT2D eigenvalue weighted by molar-refractivity contribution is -0.154. The van der Waals surface area contributed by atoms with Crippen LogP contribution in [-0.2, 0) is 20.7 Å². The zero-order valence-electron chi connectivity index (χ0n) is 18.2. The Morgan fingerprint density at radius 2 is 1.94 bits per heavy atom. The number of esters is 1. The second-order valence-corrected chi connectivity index (χ2v) is 7.75. The van der Waals surface area contributed by atoms with Crippen LogP contribution in [0.3, 0.4) is 0 Å². The van der Waals surface area contributed by atoms with Crippen molar-refractivity contribution >= 4 is 34.4 Å². The largest absolute Gasteiger partial charge is 0.493 e. The molecule has 1 aliphatic heterocycles. The minimum Gasteiger partial charge on any atom is -0.493 e. The van der Waals surface area contributed by atoms with Crippen LogP contribution in [0.15, 0.2) is 42.5 Å². The van der Waals surface area contributed by atoms with Crippen molar-refractivity contribution < 1.29 is 23.8 Å². The van der Waals surface area contributed by atoms with Crippen molar-refractivity contribution in [3.63, 3.8) is 0 Å². The number of aromatic amines is 1. The third-order valence-electron chi connectivity index (χ3n) is 5.81. The smallest absolute Gasteiger partial charge is 0.328 e.